The minimum atomic E-state index is -2.24. The fourth-order valence-electron chi connectivity index (χ4n) is 3.29. The van der Waals surface area contributed by atoms with Gasteiger partial charge in [0.05, 0.1) is 12.7 Å². The SMILES string of the molecule is C[C@]1(C(=O)O)OC[C@H]2O[C@@H](O[C@H]3[C@H](O)[C@@H](O)C([O-])O[C@@H]3C(=O)O)[C@@H](O)[C@@H](O)[C@@H]2O1. The summed E-state index contributed by atoms with van der Waals surface area (Å²) in [7, 11) is 0. The van der Waals surface area contributed by atoms with Crippen LogP contribution in [0.3, 0.4) is 0 Å². The first kappa shape index (κ1) is 22.2. The van der Waals surface area contributed by atoms with Gasteiger partial charge in [-0.25, -0.2) is 9.59 Å². The lowest BCUT2D eigenvalue weighted by atomic mass is 9.96. The van der Waals surface area contributed by atoms with E-state index in [2.05, 4.69) is 4.74 Å². The summed E-state index contributed by atoms with van der Waals surface area (Å²) in [5.41, 5.74) is 0. The molecule has 3 heterocycles. The number of hydrogen-bond donors (Lipinski definition) is 6. The van der Waals surface area contributed by atoms with Gasteiger partial charge in [0.15, 0.2) is 12.4 Å². The first-order valence-corrected chi connectivity index (χ1v) is 8.58. The van der Waals surface area contributed by atoms with Crippen LogP contribution in [0.15, 0.2) is 0 Å². The summed E-state index contributed by atoms with van der Waals surface area (Å²) in [5, 5.41) is 70.2. The van der Waals surface area contributed by atoms with Crippen molar-refractivity contribution in [3.05, 3.63) is 0 Å². The van der Waals surface area contributed by atoms with Crippen LogP contribution >= 0.6 is 0 Å². The number of carboxylic acid groups (broad SMARTS) is 2. The van der Waals surface area contributed by atoms with E-state index in [0.717, 1.165) is 6.92 Å². The van der Waals surface area contributed by atoms with Crippen molar-refractivity contribution in [2.45, 2.75) is 74.1 Å². The van der Waals surface area contributed by atoms with Gasteiger partial charge in [0.25, 0.3) is 5.79 Å². The Kier molecular flexibility index (Phi) is 6.13. The maximum atomic E-state index is 11.5. The average Bonchev–Trinajstić information content (AvgIpc) is 2.66. The second-order valence-electron chi connectivity index (χ2n) is 7.01. The molecule has 0 aromatic rings. The third-order valence-electron chi connectivity index (χ3n) is 4.99. The highest BCUT2D eigenvalue weighted by Crippen LogP contribution is 2.34. The molecule has 3 aliphatic heterocycles. The van der Waals surface area contributed by atoms with Crippen LogP contribution in [0, 0.1) is 0 Å². The topological polar surface area (TPSA) is 225 Å². The molecule has 0 aliphatic carbocycles. The van der Waals surface area contributed by atoms with Crippen molar-refractivity contribution in [3.8, 4) is 0 Å². The molecule has 0 spiro atoms. The van der Waals surface area contributed by atoms with Gasteiger partial charge in [0.2, 0.25) is 0 Å². The van der Waals surface area contributed by atoms with Crippen LogP contribution in [-0.4, -0.2) is 116 Å². The smallest absolute Gasteiger partial charge is 0.364 e. The molecule has 14 heteroatoms. The summed E-state index contributed by atoms with van der Waals surface area (Å²) in [6.07, 6.45) is -17.9. The van der Waals surface area contributed by atoms with Crippen molar-refractivity contribution in [1.29, 1.82) is 0 Å². The summed E-state index contributed by atoms with van der Waals surface area (Å²) in [6, 6.07) is 0. The molecule has 11 atom stereocenters. The highest BCUT2D eigenvalue weighted by atomic mass is 16.8. The molecular formula is C15H21O14-. The largest absolute Gasteiger partial charge is 0.829 e. The molecule has 0 aromatic carbocycles. The molecular weight excluding hydrogens is 404 g/mol. The molecule has 3 saturated heterocycles. The molecule has 6 N–H and O–H groups in total. The van der Waals surface area contributed by atoms with Crippen molar-refractivity contribution in [1.82, 2.24) is 0 Å². The number of aliphatic hydroxyl groups excluding tert-OH is 4. The van der Waals surface area contributed by atoms with E-state index in [-0.39, 0.29) is 6.61 Å². The van der Waals surface area contributed by atoms with Crippen molar-refractivity contribution >= 4 is 11.9 Å². The maximum absolute atomic E-state index is 11.5. The lowest BCUT2D eigenvalue weighted by Crippen LogP contribution is -2.69. The Labute approximate surface area is 162 Å². The number of ether oxygens (including phenoxy) is 5. The van der Waals surface area contributed by atoms with E-state index in [0.29, 0.717) is 0 Å². The van der Waals surface area contributed by atoms with Crippen LogP contribution in [-0.2, 0) is 33.3 Å². The van der Waals surface area contributed by atoms with Crippen LogP contribution in [0.5, 0.6) is 0 Å². The summed E-state index contributed by atoms with van der Waals surface area (Å²) in [4.78, 5) is 22.6. The Bertz CT molecular complexity index is 641. The average molecular weight is 425 g/mol. The summed E-state index contributed by atoms with van der Waals surface area (Å²) >= 11 is 0. The fourth-order valence-corrected chi connectivity index (χ4v) is 3.29. The molecule has 0 bridgehead atoms. The molecule has 0 aromatic heterocycles. The van der Waals surface area contributed by atoms with E-state index in [4.69, 9.17) is 24.1 Å². The summed E-state index contributed by atoms with van der Waals surface area (Å²) in [6.45, 7) is 0.718. The van der Waals surface area contributed by atoms with Crippen molar-refractivity contribution in [3.63, 3.8) is 0 Å². The molecule has 3 rings (SSSR count). The van der Waals surface area contributed by atoms with Gasteiger partial charge in [0, 0.05) is 13.2 Å². The number of rotatable bonds is 4. The van der Waals surface area contributed by atoms with Crippen LogP contribution in [0.4, 0.5) is 0 Å². The van der Waals surface area contributed by atoms with Gasteiger partial charge in [0.1, 0.15) is 36.6 Å². The predicted octanol–water partition coefficient (Wildman–Crippen LogP) is -5.07. The Morgan fingerprint density at radius 1 is 1.03 bits per heavy atom. The van der Waals surface area contributed by atoms with Gasteiger partial charge < -0.3 is 59.4 Å². The van der Waals surface area contributed by atoms with Gasteiger partial charge in [-0.2, -0.15) is 0 Å². The molecule has 14 nitrogen and oxygen atoms in total. The lowest BCUT2D eigenvalue weighted by molar-refractivity contribution is -0.532. The zero-order chi connectivity index (χ0) is 21.7. The van der Waals surface area contributed by atoms with E-state index >= 15 is 0 Å². The molecule has 166 valence electrons. The second kappa shape index (κ2) is 7.99. The van der Waals surface area contributed by atoms with Crippen LogP contribution in [0.2, 0.25) is 0 Å². The van der Waals surface area contributed by atoms with Crippen molar-refractivity contribution in [2.24, 2.45) is 0 Å². The van der Waals surface area contributed by atoms with Gasteiger partial charge in [-0.05, 0) is 0 Å². The van der Waals surface area contributed by atoms with E-state index in [1.54, 1.807) is 0 Å². The number of aliphatic carboxylic acids is 2. The Morgan fingerprint density at radius 3 is 2.28 bits per heavy atom. The highest BCUT2D eigenvalue weighted by Gasteiger charge is 2.56. The van der Waals surface area contributed by atoms with E-state index < -0.39 is 79.1 Å². The monoisotopic (exact) mass is 425 g/mol. The number of aliphatic hydroxyl groups is 4. The summed E-state index contributed by atoms with van der Waals surface area (Å²) < 4.78 is 25.5. The third-order valence-corrected chi connectivity index (χ3v) is 4.99. The minimum Gasteiger partial charge on any atom is -0.829 e. The molecule has 3 aliphatic rings. The minimum absolute atomic E-state index is 0.381. The first-order chi connectivity index (χ1) is 13.5. The zero-order valence-corrected chi connectivity index (χ0v) is 14.9. The van der Waals surface area contributed by atoms with Crippen molar-refractivity contribution < 1.29 is 69.0 Å². The van der Waals surface area contributed by atoms with E-state index in [1.807, 2.05) is 0 Å². The van der Waals surface area contributed by atoms with Crippen LogP contribution in [0.25, 0.3) is 0 Å². The maximum Gasteiger partial charge on any atom is 0.364 e. The van der Waals surface area contributed by atoms with Crippen LogP contribution in [0.1, 0.15) is 6.92 Å². The predicted molar refractivity (Wildman–Crippen MR) is 80.7 cm³/mol. The van der Waals surface area contributed by atoms with E-state index in [9.17, 15) is 40.2 Å². The molecule has 0 amide bonds. The zero-order valence-electron chi connectivity index (χ0n) is 14.9. The van der Waals surface area contributed by atoms with E-state index in [1.165, 1.54) is 0 Å². The van der Waals surface area contributed by atoms with Crippen LogP contribution < -0.4 is 5.11 Å². The highest BCUT2D eigenvalue weighted by molar-refractivity contribution is 5.75. The van der Waals surface area contributed by atoms with Gasteiger partial charge >= 0.3 is 11.9 Å². The normalized spacial score (nSPS) is 50.6. The lowest BCUT2D eigenvalue weighted by Gasteiger charge is -2.50. The standard InChI is InChI=1S/C15H21O14/c1-15(14(23)24)25-2-3-8(29-15)5(17)7(19)13(26-3)28-9-4(16)6(18)12(22)27-10(9)11(20)21/h3-10,12-13,16-19H,2H2,1H3,(H,20,21)(H,23,24)/q-1/t3-,4-,5-,6-,7+,8-,9+,10+,12?,13+,15+/m1/s1. The number of fused-ring (bicyclic) bond motifs is 1. The Morgan fingerprint density at radius 2 is 1.69 bits per heavy atom. The second-order valence-corrected chi connectivity index (χ2v) is 7.01. The Hall–Kier alpha value is -1.46. The molecule has 0 saturated carbocycles. The van der Waals surface area contributed by atoms with Gasteiger partial charge in [-0.3, -0.25) is 0 Å². The molecule has 29 heavy (non-hydrogen) atoms. The first-order valence-electron chi connectivity index (χ1n) is 8.58. The summed E-state index contributed by atoms with van der Waals surface area (Å²) in [5.74, 6) is -5.23. The molecule has 3 fully saturated rings. The number of hydrogen-bond acceptors (Lipinski definition) is 12. The van der Waals surface area contributed by atoms with Gasteiger partial charge in [-0.1, -0.05) is 0 Å². The third kappa shape index (κ3) is 3.96. The number of carboxylic acids is 2. The Balaban J connectivity index is 1.75. The molecule has 0 radical (unpaired) electrons. The van der Waals surface area contributed by atoms with Crippen molar-refractivity contribution in [2.75, 3.05) is 6.61 Å². The molecule has 1 unspecified atom stereocenters. The van der Waals surface area contributed by atoms with Gasteiger partial charge in [-0.15, -0.1) is 0 Å². The number of carbonyl (C=O) groups is 2. The fraction of sp³-hybridized carbons (Fsp3) is 0.867. The quantitative estimate of drug-likeness (QED) is 0.248.